The van der Waals surface area contributed by atoms with Crippen LogP contribution in [0.2, 0.25) is 0 Å². The van der Waals surface area contributed by atoms with Gasteiger partial charge in [-0.05, 0) is 35.4 Å². The van der Waals surface area contributed by atoms with Crippen LogP contribution in [0, 0.1) is 0 Å². The first-order valence-corrected chi connectivity index (χ1v) is 11.3. The lowest BCUT2D eigenvalue weighted by Crippen LogP contribution is -2.48. The minimum atomic E-state index is -0.289. The second-order valence-electron chi connectivity index (χ2n) is 8.18. The van der Waals surface area contributed by atoms with Gasteiger partial charge in [-0.3, -0.25) is 0 Å². The summed E-state index contributed by atoms with van der Waals surface area (Å²) in [4.78, 5) is 13.9. The van der Waals surface area contributed by atoms with E-state index in [9.17, 15) is 9.90 Å². The predicted molar refractivity (Wildman–Crippen MR) is 132 cm³/mol. The zero-order chi connectivity index (χ0) is 23.3. The van der Waals surface area contributed by atoms with Gasteiger partial charge in [0, 0.05) is 6.42 Å². The van der Waals surface area contributed by atoms with Gasteiger partial charge < -0.3 is 5.11 Å². The van der Waals surface area contributed by atoms with Crippen molar-refractivity contribution in [2.24, 2.45) is 0 Å². The van der Waals surface area contributed by atoms with Gasteiger partial charge in [0.1, 0.15) is 12.2 Å². The van der Waals surface area contributed by atoms with Crippen molar-refractivity contribution in [3.8, 4) is 23.0 Å². The average Bonchev–Trinajstić information content (AvgIpc) is 2.90. The molecule has 0 saturated carbocycles. The molecule has 34 heavy (non-hydrogen) atoms. The van der Waals surface area contributed by atoms with Crippen LogP contribution < -0.4 is 15.2 Å². The van der Waals surface area contributed by atoms with Crippen molar-refractivity contribution in [2.75, 3.05) is 0 Å². The minimum absolute atomic E-state index is 0.255. The van der Waals surface area contributed by atoms with Gasteiger partial charge >= 0.3 is 5.56 Å². The molecule has 0 unspecified atom stereocenters. The molecule has 1 heterocycles. The Morgan fingerprint density at radius 1 is 0.647 bits per heavy atom. The van der Waals surface area contributed by atoms with Crippen molar-refractivity contribution >= 4 is 0 Å². The molecular formula is C30H24N2O2. The zero-order valence-electron chi connectivity index (χ0n) is 18.7. The van der Waals surface area contributed by atoms with Crippen molar-refractivity contribution in [1.82, 2.24) is 4.57 Å². The van der Waals surface area contributed by atoms with Crippen LogP contribution in [0.3, 0.4) is 0 Å². The summed E-state index contributed by atoms with van der Waals surface area (Å²) in [7, 11) is 0. The van der Waals surface area contributed by atoms with E-state index in [1.54, 1.807) is 9.13 Å². The Morgan fingerprint density at radius 2 is 1.15 bits per heavy atom. The topological polar surface area (TPSA) is 48.9 Å². The summed E-state index contributed by atoms with van der Waals surface area (Å²) in [6.45, 7) is 0.360. The van der Waals surface area contributed by atoms with Gasteiger partial charge in [0.15, 0.2) is 0 Å². The molecule has 5 rings (SSSR count). The third kappa shape index (κ3) is 4.26. The molecule has 0 aliphatic carbocycles. The van der Waals surface area contributed by atoms with Crippen LogP contribution in [-0.2, 0) is 13.0 Å². The number of aromatic nitrogens is 2. The normalized spacial score (nSPS) is 10.8. The SMILES string of the molecule is O=c1c(Cc2ccccc2)c([O-])[n+](Cc2ccccc2)c(-c2ccccc2)n1-c1ccccc1. The molecule has 0 N–H and O–H groups in total. The Hall–Kier alpha value is -4.44. The number of rotatable bonds is 6. The molecule has 4 nitrogen and oxygen atoms in total. The van der Waals surface area contributed by atoms with Crippen LogP contribution >= 0.6 is 0 Å². The summed E-state index contributed by atoms with van der Waals surface area (Å²) in [5, 5.41) is 13.9. The van der Waals surface area contributed by atoms with E-state index in [4.69, 9.17) is 0 Å². The van der Waals surface area contributed by atoms with Gasteiger partial charge in [0.25, 0.3) is 5.82 Å². The molecule has 0 radical (unpaired) electrons. The first-order chi connectivity index (χ1) is 16.7. The Kier molecular flexibility index (Phi) is 6.04. The molecule has 0 bridgehead atoms. The molecule has 0 saturated heterocycles. The molecule has 0 spiro atoms. The molecule has 1 aromatic heterocycles. The Labute approximate surface area is 198 Å². The van der Waals surface area contributed by atoms with E-state index in [1.807, 2.05) is 121 Å². The third-order valence-electron chi connectivity index (χ3n) is 5.89. The van der Waals surface area contributed by atoms with Gasteiger partial charge in [-0.2, -0.15) is 4.57 Å². The first-order valence-electron chi connectivity index (χ1n) is 11.3. The highest BCUT2D eigenvalue weighted by Crippen LogP contribution is 2.23. The number of benzene rings is 4. The van der Waals surface area contributed by atoms with E-state index < -0.39 is 0 Å². The number of nitrogens with zero attached hydrogens (tertiary/aromatic N) is 2. The van der Waals surface area contributed by atoms with E-state index in [0.717, 1.165) is 22.4 Å². The fourth-order valence-electron chi connectivity index (χ4n) is 4.26. The van der Waals surface area contributed by atoms with E-state index in [1.165, 1.54) is 0 Å². The van der Waals surface area contributed by atoms with Crippen molar-refractivity contribution in [2.45, 2.75) is 13.0 Å². The lowest BCUT2D eigenvalue weighted by Gasteiger charge is -2.21. The summed E-state index contributed by atoms with van der Waals surface area (Å²) in [5.41, 5.74) is 3.42. The highest BCUT2D eigenvalue weighted by atomic mass is 16.3. The van der Waals surface area contributed by atoms with Crippen molar-refractivity contribution < 1.29 is 9.67 Å². The molecule has 5 aromatic rings. The Bertz CT molecular complexity index is 1450. The standard InChI is InChI=1S/C30H24N2O2/c33-29-27(21-23-13-5-1-6-14-23)30(34)32(26-19-11-4-12-20-26)28(25-17-9-3-10-18-25)31(29)22-24-15-7-2-8-16-24/h1-20H,21-22H2. The van der Waals surface area contributed by atoms with Crippen LogP contribution in [-0.4, -0.2) is 4.57 Å². The lowest BCUT2D eigenvalue weighted by atomic mass is 10.1. The monoisotopic (exact) mass is 444 g/mol. The van der Waals surface area contributed by atoms with Crippen molar-refractivity contribution in [1.29, 1.82) is 0 Å². The molecule has 0 aliphatic heterocycles. The van der Waals surface area contributed by atoms with Crippen molar-refractivity contribution in [3.63, 3.8) is 0 Å². The van der Waals surface area contributed by atoms with E-state index in [2.05, 4.69) is 0 Å². The lowest BCUT2D eigenvalue weighted by molar-refractivity contribution is -0.722. The van der Waals surface area contributed by atoms with Gasteiger partial charge in [0.2, 0.25) is 0 Å². The van der Waals surface area contributed by atoms with E-state index in [0.29, 0.717) is 12.4 Å². The summed E-state index contributed by atoms with van der Waals surface area (Å²) in [5.74, 6) is 0.311. The molecular weight excluding hydrogens is 420 g/mol. The largest absolute Gasteiger partial charge is 0.842 e. The van der Waals surface area contributed by atoms with Gasteiger partial charge in [0.05, 0.1) is 17.0 Å². The summed E-state index contributed by atoms with van der Waals surface area (Å²) < 4.78 is 3.41. The number of hydrogen-bond donors (Lipinski definition) is 0. The van der Waals surface area contributed by atoms with Gasteiger partial charge in [-0.1, -0.05) is 97.1 Å². The second-order valence-corrected chi connectivity index (χ2v) is 8.18. The molecule has 0 amide bonds. The van der Waals surface area contributed by atoms with Gasteiger partial charge in [-0.15, -0.1) is 0 Å². The van der Waals surface area contributed by atoms with Crippen molar-refractivity contribution in [3.05, 3.63) is 148 Å². The number of hydrogen-bond acceptors (Lipinski definition) is 2. The highest BCUT2D eigenvalue weighted by molar-refractivity contribution is 5.56. The van der Waals surface area contributed by atoms with Crippen LogP contribution in [0.25, 0.3) is 17.1 Å². The predicted octanol–water partition coefficient (Wildman–Crippen LogP) is 4.50. The second kappa shape index (κ2) is 9.59. The quantitative estimate of drug-likeness (QED) is 0.362. The van der Waals surface area contributed by atoms with E-state index in [-0.39, 0.29) is 23.4 Å². The smallest absolute Gasteiger partial charge is 0.345 e. The average molecular weight is 445 g/mol. The zero-order valence-corrected chi connectivity index (χ0v) is 18.7. The highest BCUT2D eigenvalue weighted by Gasteiger charge is 2.27. The fraction of sp³-hybridized carbons (Fsp3) is 0.0667. The Balaban J connectivity index is 1.83. The maximum Gasteiger partial charge on any atom is 0.345 e. The van der Waals surface area contributed by atoms with Crippen LogP contribution in [0.4, 0.5) is 0 Å². The molecule has 4 heteroatoms. The van der Waals surface area contributed by atoms with Crippen LogP contribution in [0.5, 0.6) is 5.88 Å². The fourth-order valence-corrected chi connectivity index (χ4v) is 4.26. The molecule has 166 valence electrons. The minimum Gasteiger partial charge on any atom is -0.842 e. The molecule has 0 atom stereocenters. The molecule has 0 aliphatic rings. The van der Waals surface area contributed by atoms with Crippen LogP contribution in [0.1, 0.15) is 16.7 Å². The molecule has 0 fully saturated rings. The molecule has 4 aromatic carbocycles. The van der Waals surface area contributed by atoms with E-state index >= 15 is 0 Å². The summed E-state index contributed by atoms with van der Waals surface area (Å²) >= 11 is 0. The maximum absolute atomic E-state index is 13.9. The van der Waals surface area contributed by atoms with Gasteiger partial charge in [-0.25, -0.2) is 9.36 Å². The third-order valence-corrected chi connectivity index (χ3v) is 5.89. The number of para-hydroxylation sites is 1. The first kappa shape index (κ1) is 21.4. The summed E-state index contributed by atoms with van der Waals surface area (Å²) in [6.07, 6.45) is 0.273. The summed E-state index contributed by atoms with van der Waals surface area (Å²) in [6, 6.07) is 38.7. The van der Waals surface area contributed by atoms with Crippen LogP contribution in [0.15, 0.2) is 126 Å². The Morgan fingerprint density at radius 3 is 1.74 bits per heavy atom. The maximum atomic E-state index is 13.9.